The van der Waals surface area contributed by atoms with E-state index in [1.807, 2.05) is 0 Å². The summed E-state index contributed by atoms with van der Waals surface area (Å²) in [4.78, 5) is 18.7. The molecular weight excluding hydrogens is 374 g/mol. The molecule has 0 atom stereocenters. The van der Waals surface area contributed by atoms with Crippen molar-refractivity contribution in [2.24, 2.45) is 4.99 Å². The minimum Gasteiger partial charge on any atom is -0.497 e. The monoisotopic (exact) mass is 386 g/mol. The topological polar surface area (TPSA) is 92.0 Å². The molecule has 1 aromatic carbocycles. The fourth-order valence-electron chi connectivity index (χ4n) is 2.11. The quantitative estimate of drug-likeness (QED) is 0.586. The molecule has 2 N–H and O–H groups in total. The van der Waals surface area contributed by atoms with Crippen molar-refractivity contribution in [3.63, 3.8) is 0 Å². The van der Waals surface area contributed by atoms with Crippen LogP contribution >= 0.6 is 23.2 Å². The summed E-state index contributed by atoms with van der Waals surface area (Å²) < 4.78 is 19.2. The number of carboxylic acids is 1. The molecule has 0 aliphatic rings. The Balaban J connectivity index is 2.36. The number of aliphatic hydroxyl groups excluding tert-OH is 1. The van der Waals surface area contributed by atoms with E-state index in [2.05, 4.69) is 9.98 Å². The Hall–Kier alpha value is -2.22. The summed E-state index contributed by atoms with van der Waals surface area (Å²) in [7, 11) is 1.50. The van der Waals surface area contributed by atoms with E-state index in [1.54, 1.807) is 18.2 Å². The van der Waals surface area contributed by atoms with Gasteiger partial charge in [-0.15, -0.1) is 0 Å². The largest absolute Gasteiger partial charge is 0.497 e. The molecular formula is C16H13Cl2FN2O4. The van der Waals surface area contributed by atoms with Gasteiger partial charge in [-0.3, -0.25) is 4.99 Å². The molecule has 0 radical (unpaired) electrons. The zero-order chi connectivity index (χ0) is 18.6. The van der Waals surface area contributed by atoms with Crippen LogP contribution in [0.2, 0.25) is 10.3 Å². The third-order valence-electron chi connectivity index (χ3n) is 3.37. The Morgan fingerprint density at radius 3 is 2.68 bits per heavy atom. The van der Waals surface area contributed by atoms with Gasteiger partial charge in [-0.05, 0) is 23.3 Å². The SMILES string of the molecule is COc1ccc(C/N=C/c2c(F)c(Cl)nc(Cl)c2C(=O)O)c(CO)c1. The van der Waals surface area contributed by atoms with Crippen LogP contribution in [0.3, 0.4) is 0 Å². The summed E-state index contributed by atoms with van der Waals surface area (Å²) in [5, 5.41) is 17.6. The number of halogens is 3. The Kier molecular flexibility index (Phi) is 6.30. The van der Waals surface area contributed by atoms with Crippen LogP contribution < -0.4 is 4.74 Å². The molecule has 1 heterocycles. The Labute approximate surface area is 152 Å². The van der Waals surface area contributed by atoms with E-state index in [9.17, 15) is 19.4 Å². The number of aliphatic hydroxyl groups is 1. The van der Waals surface area contributed by atoms with Gasteiger partial charge >= 0.3 is 5.97 Å². The van der Waals surface area contributed by atoms with Crippen LogP contribution in [0.4, 0.5) is 4.39 Å². The van der Waals surface area contributed by atoms with Crippen LogP contribution in [-0.2, 0) is 13.2 Å². The van der Waals surface area contributed by atoms with E-state index < -0.39 is 27.7 Å². The second-order valence-electron chi connectivity index (χ2n) is 4.86. The van der Waals surface area contributed by atoms with Crippen molar-refractivity contribution < 1.29 is 24.1 Å². The van der Waals surface area contributed by atoms with Gasteiger partial charge in [-0.2, -0.15) is 0 Å². The van der Waals surface area contributed by atoms with E-state index in [0.717, 1.165) is 6.21 Å². The molecule has 0 saturated heterocycles. The normalized spacial score (nSPS) is 11.1. The van der Waals surface area contributed by atoms with E-state index in [1.165, 1.54) is 7.11 Å². The van der Waals surface area contributed by atoms with Crippen molar-refractivity contribution in [1.82, 2.24) is 4.98 Å². The van der Waals surface area contributed by atoms with Crippen molar-refractivity contribution in [1.29, 1.82) is 0 Å². The average molecular weight is 387 g/mol. The summed E-state index contributed by atoms with van der Waals surface area (Å²) in [5.74, 6) is -1.90. The van der Waals surface area contributed by atoms with Gasteiger partial charge in [-0.25, -0.2) is 14.2 Å². The number of hydrogen-bond donors (Lipinski definition) is 2. The molecule has 2 rings (SSSR count). The molecule has 132 valence electrons. The summed E-state index contributed by atoms with van der Waals surface area (Å²) in [6.45, 7) is -0.153. The first-order valence-electron chi connectivity index (χ1n) is 6.93. The first kappa shape index (κ1) is 19.1. The number of nitrogens with zero attached hydrogens (tertiary/aromatic N) is 2. The molecule has 0 saturated carbocycles. The van der Waals surface area contributed by atoms with Crippen molar-refractivity contribution in [3.8, 4) is 5.75 Å². The molecule has 0 bridgehead atoms. The third-order valence-corrected chi connectivity index (χ3v) is 3.89. The maximum Gasteiger partial charge on any atom is 0.339 e. The minimum absolute atomic E-state index is 0.0793. The Bertz CT molecular complexity index is 843. The van der Waals surface area contributed by atoms with Gasteiger partial charge in [0.05, 0.1) is 20.3 Å². The second-order valence-corrected chi connectivity index (χ2v) is 5.58. The molecule has 0 fully saturated rings. The number of hydrogen-bond acceptors (Lipinski definition) is 5. The molecule has 0 spiro atoms. The summed E-state index contributed by atoms with van der Waals surface area (Å²) >= 11 is 11.3. The zero-order valence-corrected chi connectivity index (χ0v) is 14.5. The lowest BCUT2D eigenvalue weighted by atomic mass is 10.1. The highest BCUT2D eigenvalue weighted by Gasteiger charge is 2.22. The van der Waals surface area contributed by atoms with E-state index in [-0.39, 0.29) is 18.7 Å². The summed E-state index contributed by atoms with van der Waals surface area (Å²) in [6, 6.07) is 5.03. The lowest BCUT2D eigenvalue weighted by Crippen LogP contribution is -2.08. The lowest BCUT2D eigenvalue weighted by molar-refractivity contribution is 0.0696. The molecule has 0 aliphatic carbocycles. The predicted molar refractivity (Wildman–Crippen MR) is 91.4 cm³/mol. The van der Waals surface area contributed by atoms with E-state index in [0.29, 0.717) is 16.9 Å². The number of carbonyl (C=O) groups is 1. The van der Waals surface area contributed by atoms with Gasteiger partial charge in [0.15, 0.2) is 11.0 Å². The fourth-order valence-corrected chi connectivity index (χ4v) is 2.61. The summed E-state index contributed by atoms with van der Waals surface area (Å²) in [6.07, 6.45) is 1.03. The maximum atomic E-state index is 14.1. The highest BCUT2D eigenvalue weighted by Crippen LogP contribution is 2.25. The van der Waals surface area contributed by atoms with Crippen LogP contribution in [0, 0.1) is 5.82 Å². The highest BCUT2D eigenvalue weighted by molar-refractivity contribution is 6.35. The van der Waals surface area contributed by atoms with Crippen molar-refractivity contribution >= 4 is 35.4 Å². The lowest BCUT2D eigenvalue weighted by Gasteiger charge is -2.08. The number of aliphatic imine (C=N–C) groups is 1. The standard InChI is InChI=1S/C16H13Cl2FN2O4/c1-25-10-3-2-8(9(4-10)7-22)5-20-6-11-12(16(23)24)14(17)21-15(18)13(11)19/h2-4,6,22H,5,7H2,1H3,(H,23,24)/b20-6+. The Morgan fingerprint density at radius 2 is 2.08 bits per heavy atom. The molecule has 0 unspecified atom stereocenters. The van der Waals surface area contributed by atoms with Crippen LogP contribution in [0.5, 0.6) is 5.75 Å². The number of methoxy groups -OCH3 is 1. The van der Waals surface area contributed by atoms with Crippen LogP contribution in [0.1, 0.15) is 27.0 Å². The number of pyridine rings is 1. The van der Waals surface area contributed by atoms with Crippen LogP contribution in [0.15, 0.2) is 23.2 Å². The molecule has 2 aromatic rings. The van der Waals surface area contributed by atoms with Gasteiger partial charge in [0.1, 0.15) is 16.5 Å². The van der Waals surface area contributed by atoms with Crippen LogP contribution in [-0.4, -0.2) is 34.5 Å². The number of carboxylic acid groups (broad SMARTS) is 1. The molecule has 6 nitrogen and oxygen atoms in total. The molecule has 0 amide bonds. The van der Waals surface area contributed by atoms with Gasteiger partial charge in [0.2, 0.25) is 0 Å². The van der Waals surface area contributed by atoms with E-state index in [4.69, 9.17) is 27.9 Å². The van der Waals surface area contributed by atoms with Gasteiger partial charge in [0, 0.05) is 11.8 Å². The smallest absolute Gasteiger partial charge is 0.339 e. The fraction of sp³-hybridized carbons (Fsp3) is 0.188. The number of ether oxygens (including phenoxy) is 1. The number of rotatable bonds is 6. The minimum atomic E-state index is -1.45. The van der Waals surface area contributed by atoms with Gasteiger partial charge in [0.25, 0.3) is 0 Å². The Morgan fingerprint density at radius 1 is 1.36 bits per heavy atom. The summed E-state index contributed by atoms with van der Waals surface area (Å²) in [5.41, 5.74) is 0.366. The van der Waals surface area contributed by atoms with Gasteiger partial charge in [-0.1, -0.05) is 29.3 Å². The number of benzene rings is 1. The molecule has 25 heavy (non-hydrogen) atoms. The maximum absolute atomic E-state index is 14.1. The first-order chi connectivity index (χ1) is 11.9. The second kappa shape index (κ2) is 8.24. The molecule has 1 aromatic heterocycles. The van der Waals surface area contributed by atoms with Gasteiger partial charge < -0.3 is 14.9 Å². The van der Waals surface area contributed by atoms with Crippen molar-refractivity contribution in [3.05, 3.63) is 56.6 Å². The first-order valence-corrected chi connectivity index (χ1v) is 7.68. The molecule has 9 heteroatoms. The number of aromatic carboxylic acids is 1. The predicted octanol–water partition coefficient (Wildman–Crippen LogP) is 3.35. The number of aromatic nitrogens is 1. The van der Waals surface area contributed by atoms with Crippen molar-refractivity contribution in [2.75, 3.05) is 7.11 Å². The molecule has 0 aliphatic heterocycles. The third kappa shape index (κ3) is 4.25. The zero-order valence-electron chi connectivity index (χ0n) is 13.0. The highest BCUT2D eigenvalue weighted by atomic mass is 35.5. The van der Waals surface area contributed by atoms with Crippen LogP contribution in [0.25, 0.3) is 0 Å². The van der Waals surface area contributed by atoms with E-state index >= 15 is 0 Å². The van der Waals surface area contributed by atoms with Crippen molar-refractivity contribution in [2.45, 2.75) is 13.2 Å². The average Bonchev–Trinajstić information content (AvgIpc) is 2.58.